The van der Waals surface area contributed by atoms with Crippen molar-refractivity contribution in [2.75, 3.05) is 0 Å². The lowest BCUT2D eigenvalue weighted by Gasteiger charge is -2.39. The average molecular weight is 344 g/mol. The molecular weight excluding hydrogens is 306 g/mol. The Kier molecular flexibility index (Phi) is 8.04. The standard InChI is InChI=1S/C18H37NO3Si/c1-11-12-15(19-16(20)21-17(3,4)5)13-14(2)22-23(9,10)18(6,7)8/h11,14-15H,1,12-13H2,2-10H3,(H,19,20)/t14-,15+/m0/s1. The van der Waals surface area contributed by atoms with Gasteiger partial charge in [0.15, 0.2) is 8.32 Å². The number of ether oxygens (including phenoxy) is 1. The van der Waals surface area contributed by atoms with Gasteiger partial charge in [-0.15, -0.1) is 6.58 Å². The van der Waals surface area contributed by atoms with Crippen LogP contribution in [0.1, 0.15) is 61.3 Å². The minimum absolute atomic E-state index is 0.0258. The normalized spacial score (nSPS) is 15.7. The van der Waals surface area contributed by atoms with E-state index in [9.17, 15) is 4.79 Å². The molecule has 1 amide bonds. The third-order valence-electron chi connectivity index (χ3n) is 4.09. The fraction of sp³-hybridized carbons (Fsp3) is 0.833. The van der Waals surface area contributed by atoms with Crippen LogP contribution >= 0.6 is 0 Å². The quantitative estimate of drug-likeness (QED) is 0.507. The summed E-state index contributed by atoms with van der Waals surface area (Å²) in [6, 6.07) is -0.0258. The van der Waals surface area contributed by atoms with Crippen molar-refractivity contribution >= 4 is 14.4 Å². The molecule has 23 heavy (non-hydrogen) atoms. The van der Waals surface area contributed by atoms with Crippen LogP contribution in [-0.2, 0) is 9.16 Å². The Hall–Kier alpha value is -0.813. The van der Waals surface area contributed by atoms with Crippen molar-refractivity contribution in [3.8, 4) is 0 Å². The molecule has 0 aliphatic heterocycles. The molecule has 0 saturated carbocycles. The van der Waals surface area contributed by atoms with E-state index in [-0.39, 0.29) is 23.3 Å². The Bertz CT molecular complexity index is 394. The van der Waals surface area contributed by atoms with E-state index in [4.69, 9.17) is 9.16 Å². The highest BCUT2D eigenvalue weighted by Gasteiger charge is 2.38. The molecule has 0 bridgehead atoms. The van der Waals surface area contributed by atoms with Crippen LogP contribution < -0.4 is 5.32 Å². The number of alkyl carbamates (subject to hydrolysis) is 1. The Morgan fingerprint density at radius 3 is 2.13 bits per heavy atom. The van der Waals surface area contributed by atoms with Gasteiger partial charge in [-0.1, -0.05) is 26.8 Å². The van der Waals surface area contributed by atoms with Gasteiger partial charge in [-0.2, -0.15) is 0 Å². The van der Waals surface area contributed by atoms with E-state index >= 15 is 0 Å². The smallest absolute Gasteiger partial charge is 0.407 e. The SMILES string of the molecule is C=CC[C@H](C[C@H](C)O[Si](C)(C)C(C)(C)C)NC(=O)OC(C)(C)C. The number of hydrogen-bond donors (Lipinski definition) is 1. The fourth-order valence-corrected chi connectivity index (χ4v) is 3.47. The van der Waals surface area contributed by atoms with Gasteiger partial charge in [-0.3, -0.25) is 0 Å². The first-order valence-corrected chi connectivity index (χ1v) is 11.4. The summed E-state index contributed by atoms with van der Waals surface area (Å²) in [5.74, 6) is 0. The Morgan fingerprint density at radius 1 is 1.22 bits per heavy atom. The van der Waals surface area contributed by atoms with Crippen LogP contribution in [0, 0.1) is 0 Å². The first kappa shape index (κ1) is 22.2. The molecule has 0 saturated heterocycles. The number of carbonyl (C=O) groups excluding carboxylic acids is 1. The summed E-state index contributed by atoms with van der Waals surface area (Å²) in [7, 11) is -1.81. The summed E-state index contributed by atoms with van der Waals surface area (Å²) < 4.78 is 11.7. The maximum atomic E-state index is 12.0. The van der Waals surface area contributed by atoms with Crippen molar-refractivity contribution in [1.82, 2.24) is 5.32 Å². The molecule has 1 N–H and O–H groups in total. The van der Waals surface area contributed by atoms with Crippen LogP contribution in [0.3, 0.4) is 0 Å². The summed E-state index contributed by atoms with van der Waals surface area (Å²) in [5, 5.41) is 3.11. The Balaban J connectivity index is 4.69. The van der Waals surface area contributed by atoms with Gasteiger partial charge in [0.2, 0.25) is 0 Å². The first-order chi connectivity index (χ1) is 10.2. The second-order valence-electron chi connectivity index (χ2n) is 8.79. The summed E-state index contributed by atoms with van der Waals surface area (Å²) in [4.78, 5) is 12.0. The Morgan fingerprint density at radius 2 is 1.74 bits per heavy atom. The van der Waals surface area contributed by atoms with Gasteiger partial charge in [-0.25, -0.2) is 4.79 Å². The molecule has 0 unspecified atom stereocenters. The molecule has 4 nitrogen and oxygen atoms in total. The zero-order chi connectivity index (χ0) is 18.5. The van der Waals surface area contributed by atoms with Gasteiger partial charge >= 0.3 is 6.09 Å². The lowest BCUT2D eigenvalue weighted by atomic mass is 10.1. The fourth-order valence-electron chi connectivity index (χ4n) is 2.02. The summed E-state index contributed by atoms with van der Waals surface area (Å²) >= 11 is 0. The van der Waals surface area contributed by atoms with Crippen LogP contribution in [-0.4, -0.2) is 32.2 Å². The van der Waals surface area contributed by atoms with E-state index < -0.39 is 13.9 Å². The molecule has 0 spiro atoms. The molecule has 0 heterocycles. The molecule has 0 aromatic rings. The maximum Gasteiger partial charge on any atom is 0.407 e. The van der Waals surface area contributed by atoms with Gasteiger partial charge in [0.1, 0.15) is 5.60 Å². The van der Waals surface area contributed by atoms with Crippen molar-refractivity contribution in [1.29, 1.82) is 0 Å². The second-order valence-corrected chi connectivity index (χ2v) is 13.5. The predicted octanol–water partition coefficient (Wildman–Crippen LogP) is 5.26. The molecule has 0 aromatic heterocycles. The highest BCUT2D eigenvalue weighted by atomic mass is 28.4. The zero-order valence-electron chi connectivity index (χ0n) is 16.6. The largest absolute Gasteiger partial charge is 0.444 e. The third kappa shape index (κ3) is 9.16. The Labute approximate surface area is 144 Å². The number of amides is 1. The van der Waals surface area contributed by atoms with E-state index in [1.807, 2.05) is 26.8 Å². The summed E-state index contributed by atoms with van der Waals surface area (Å²) in [6.07, 6.45) is 2.96. The van der Waals surface area contributed by atoms with Crippen LogP contribution in [0.2, 0.25) is 18.1 Å². The number of carbonyl (C=O) groups is 1. The summed E-state index contributed by atoms with van der Waals surface area (Å²) in [6.45, 7) is 22.6. The molecule has 0 aliphatic carbocycles. The van der Waals surface area contributed by atoms with Crippen molar-refractivity contribution in [2.24, 2.45) is 0 Å². The molecule has 136 valence electrons. The van der Waals surface area contributed by atoms with E-state index in [0.29, 0.717) is 6.42 Å². The van der Waals surface area contributed by atoms with Gasteiger partial charge in [-0.05, 0) is 58.7 Å². The van der Waals surface area contributed by atoms with E-state index in [1.54, 1.807) is 0 Å². The van der Waals surface area contributed by atoms with Crippen molar-refractivity contribution in [2.45, 2.75) is 97.2 Å². The van der Waals surface area contributed by atoms with E-state index in [1.165, 1.54) is 0 Å². The van der Waals surface area contributed by atoms with E-state index in [0.717, 1.165) is 6.42 Å². The van der Waals surface area contributed by atoms with Crippen molar-refractivity contribution in [3.05, 3.63) is 12.7 Å². The summed E-state index contributed by atoms with van der Waals surface area (Å²) in [5.41, 5.74) is -0.494. The van der Waals surface area contributed by atoms with Gasteiger partial charge in [0.05, 0.1) is 0 Å². The van der Waals surface area contributed by atoms with Crippen molar-refractivity contribution in [3.63, 3.8) is 0 Å². The molecule has 0 fully saturated rings. The van der Waals surface area contributed by atoms with E-state index in [2.05, 4.69) is 52.7 Å². The van der Waals surface area contributed by atoms with Crippen LogP contribution in [0.25, 0.3) is 0 Å². The molecule has 5 heteroatoms. The first-order valence-electron chi connectivity index (χ1n) is 8.46. The average Bonchev–Trinajstić information content (AvgIpc) is 2.23. The minimum Gasteiger partial charge on any atom is -0.444 e. The molecule has 0 radical (unpaired) electrons. The predicted molar refractivity (Wildman–Crippen MR) is 100 cm³/mol. The lowest BCUT2D eigenvalue weighted by molar-refractivity contribution is 0.0489. The lowest BCUT2D eigenvalue weighted by Crippen LogP contribution is -2.46. The zero-order valence-corrected chi connectivity index (χ0v) is 17.6. The number of nitrogens with one attached hydrogen (secondary N) is 1. The monoisotopic (exact) mass is 343 g/mol. The third-order valence-corrected chi connectivity index (χ3v) is 8.69. The highest BCUT2D eigenvalue weighted by Crippen LogP contribution is 2.37. The van der Waals surface area contributed by atoms with Gasteiger partial charge in [0.25, 0.3) is 0 Å². The topological polar surface area (TPSA) is 47.6 Å². The highest BCUT2D eigenvalue weighted by molar-refractivity contribution is 6.74. The molecular formula is C18H37NO3Si. The van der Waals surface area contributed by atoms with Gasteiger partial charge in [0, 0.05) is 12.1 Å². The van der Waals surface area contributed by atoms with Gasteiger partial charge < -0.3 is 14.5 Å². The molecule has 2 atom stereocenters. The number of rotatable bonds is 7. The molecule has 0 rings (SSSR count). The maximum absolute atomic E-state index is 12.0. The van der Waals surface area contributed by atoms with Crippen molar-refractivity contribution < 1.29 is 14.0 Å². The number of hydrogen-bond acceptors (Lipinski definition) is 3. The molecule has 0 aromatic carbocycles. The van der Waals surface area contributed by atoms with Crippen LogP contribution in [0.15, 0.2) is 12.7 Å². The van der Waals surface area contributed by atoms with Crippen LogP contribution in [0.5, 0.6) is 0 Å². The molecule has 0 aliphatic rings. The second kappa shape index (κ2) is 8.33. The minimum atomic E-state index is -1.81. The van der Waals surface area contributed by atoms with Crippen LogP contribution in [0.4, 0.5) is 4.79 Å².